The highest BCUT2D eigenvalue weighted by Gasteiger charge is 2.39. The van der Waals surface area contributed by atoms with Gasteiger partial charge in [0.25, 0.3) is 17.7 Å². The van der Waals surface area contributed by atoms with E-state index in [-0.39, 0.29) is 10.7 Å². The highest BCUT2D eigenvalue weighted by molar-refractivity contribution is 6.53. The van der Waals surface area contributed by atoms with Crippen molar-refractivity contribution in [1.82, 2.24) is 0 Å². The molecule has 3 amide bonds. The fourth-order valence-electron chi connectivity index (χ4n) is 3.60. The highest BCUT2D eigenvalue weighted by atomic mass is 35.5. The lowest BCUT2D eigenvalue weighted by Gasteiger charge is -2.16. The lowest BCUT2D eigenvalue weighted by atomic mass is 10.1. The van der Waals surface area contributed by atoms with E-state index < -0.39 is 23.7 Å². The molecule has 0 unspecified atom stereocenters. The molecule has 0 spiro atoms. The summed E-state index contributed by atoms with van der Waals surface area (Å²) in [5.41, 5.74) is 3.93. The molecule has 1 aliphatic rings. The topological polar surface area (TPSA) is 105 Å². The molecule has 2 N–H and O–H groups in total. The molecule has 0 atom stereocenters. The number of aryl methyl sites for hydroxylation is 2. The van der Waals surface area contributed by atoms with Crippen LogP contribution in [0, 0.1) is 13.8 Å². The van der Waals surface area contributed by atoms with E-state index >= 15 is 0 Å². The van der Waals surface area contributed by atoms with Gasteiger partial charge in [0, 0.05) is 16.9 Å². The highest BCUT2D eigenvalue weighted by Crippen LogP contribution is 2.31. The molecule has 0 aliphatic carbocycles. The summed E-state index contributed by atoms with van der Waals surface area (Å²) in [7, 11) is 1.28. The third kappa shape index (κ3) is 4.85. The van der Waals surface area contributed by atoms with E-state index in [1.54, 1.807) is 54.6 Å². The van der Waals surface area contributed by atoms with Crippen LogP contribution in [0.25, 0.3) is 0 Å². The Kier molecular flexibility index (Phi) is 6.89. The van der Waals surface area contributed by atoms with Gasteiger partial charge in [0.05, 0.1) is 18.4 Å². The van der Waals surface area contributed by atoms with Crippen molar-refractivity contribution in [3.05, 3.63) is 99.7 Å². The summed E-state index contributed by atoms with van der Waals surface area (Å²) >= 11 is 6.21. The van der Waals surface area contributed by atoms with Crippen molar-refractivity contribution in [2.45, 2.75) is 13.8 Å². The number of nitrogens with zero attached hydrogens (tertiary/aromatic N) is 1. The molecule has 0 saturated heterocycles. The lowest BCUT2D eigenvalue weighted by molar-refractivity contribution is -0.120. The van der Waals surface area contributed by atoms with Gasteiger partial charge in [0.15, 0.2) is 0 Å². The first kappa shape index (κ1) is 24.7. The number of carbonyl (C=O) groups is 4. The third-order valence-electron chi connectivity index (χ3n) is 5.73. The van der Waals surface area contributed by atoms with Gasteiger partial charge >= 0.3 is 5.97 Å². The van der Waals surface area contributed by atoms with Crippen LogP contribution >= 0.6 is 11.6 Å². The van der Waals surface area contributed by atoms with Crippen LogP contribution in [-0.2, 0) is 14.3 Å². The van der Waals surface area contributed by atoms with E-state index in [9.17, 15) is 19.2 Å². The zero-order chi connectivity index (χ0) is 26.0. The molecule has 0 aromatic heterocycles. The van der Waals surface area contributed by atoms with Gasteiger partial charge in [-0.15, -0.1) is 0 Å². The summed E-state index contributed by atoms with van der Waals surface area (Å²) in [6, 6.07) is 18.0. The summed E-state index contributed by atoms with van der Waals surface area (Å²) in [5, 5.41) is 5.39. The Morgan fingerprint density at radius 2 is 1.56 bits per heavy atom. The van der Waals surface area contributed by atoms with Crippen molar-refractivity contribution < 1.29 is 23.9 Å². The zero-order valence-corrected chi connectivity index (χ0v) is 20.5. The molecule has 182 valence electrons. The minimum absolute atomic E-state index is 0.0447. The monoisotopic (exact) mass is 503 g/mol. The van der Waals surface area contributed by atoms with Gasteiger partial charge in [-0.2, -0.15) is 0 Å². The van der Waals surface area contributed by atoms with Crippen LogP contribution in [0.15, 0.2) is 77.5 Å². The molecular weight excluding hydrogens is 482 g/mol. The van der Waals surface area contributed by atoms with Crippen LogP contribution in [0.2, 0.25) is 0 Å². The number of amides is 3. The Hall–Kier alpha value is -4.43. The van der Waals surface area contributed by atoms with E-state index in [0.717, 1.165) is 16.0 Å². The van der Waals surface area contributed by atoms with Crippen molar-refractivity contribution in [3.63, 3.8) is 0 Å². The van der Waals surface area contributed by atoms with Gasteiger partial charge < -0.3 is 15.4 Å². The lowest BCUT2D eigenvalue weighted by Crippen LogP contribution is -2.32. The van der Waals surface area contributed by atoms with Crippen molar-refractivity contribution in [2.24, 2.45) is 0 Å². The number of halogens is 1. The second-order valence-corrected chi connectivity index (χ2v) is 8.51. The van der Waals surface area contributed by atoms with Gasteiger partial charge in [0.1, 0.15) is 10.7 Å². The number of imide groups is 1. The molecule has 9 heteroatoms. The van der Waals surface area contributed by atoms with Crippen LogP contribution in [0.1, 0.15) is 31.8 Å². The molecule has 0 fully saturated rings. The maximum absolute atomic E-state index is 13.0. The van der Waals surface area contributed by atoms with Gasteiger partial charge in [-0.25, -0.2) is 9.69 Å². The first-order valence-electron chi connectivity index (χ1n) is 10.9. The number of methoxy groups -OCH3 is 1. The number of ether oxygens (including phenoxy) is 1. The molecule has 4 rings (SSSR count). The molecule has 1 heterocycles. The first-order chi connectivity index (χ1) is 17.2. The van der Waals surface area contributed by atoms with E-state index in [1.165, 1.54) is 13.2 Å². The fourth-order valence-corrected chi connectivity index (χ4v) is 3.82. The van der Waals surface area contributed by atoms with Gasteiger partial charge in [-0.3, -0.25) is 14.4 Å². The Labute approximate surface area is 212 Å². The molecule has 1 aliphatic heterocycles. The quantitative estimate of drug-likeness (QED) is 0.370. The molecule has 8 nitrogen and oxygen atoms in total. The normalized spacial score (nSPS) is 13.2. The van der Waals surface area contributed by atoms with Crippen LogP contribution < -0.4 is 15.5 Å². The number of nitrogens with one attached hydrogen (secondary N) is 2. The first-order valence-corrected chi connectivity index (χ1v) is 11.3. The summed E-state index contributed by atoms with van der Waals surface area (Å²) in [5.74, 6) is -2.09. The second-order valence-electron chi connectivity index (χ2n) is 8.13. The number of rotatable bonds is 6. The van der Waals surface area contributed by atoms with Crippen LogP contribution in [0.5, 0.6) is 0 Å². The van der Waals surface area contributed by atoms with E-state index in [1.807, 2.05) is 19.9 Å². The van der Waals surface area contributed by atoms with Crippen LogP contribution in [0.3, 0.4) is 0 Å². The van der Waals surface area contributed by atoms with Gasteiger partial charge in [0.2, 0.25) is 0 Å². The molecule has 0 saturated carbocycles. The Bertz CT molecular complexity index is 1430. The smallest absolute Gasteiger partial charge is 0.337 e. The molecular formula is C27H22ClN3O5. The van der Waals surface area contributed by atoms with Crippen molar-refractivity contribution in [1.29, 1.82) is 0 Å². The van der Waals surface area contributed by atoms with E-state index in [4.69, 9.17) is 16.3 Å². The number of carbonyl (C=O) groups excluding carboxylic acids is 4. The number of hydrogen-bond donors (Lipinski definition) is 2. The predicted molar refractivity (Wildman–Crippen MR) is 137 cm³/mol. The summed E-state index contributed by atoms with van der Waals surface area (Å²) in [6.45, 7) is 3.83. The SMILES string of the molecule is COC(=O)c1cccc(NC(=O)c2ccc(NC3=C(Cl)C(=O)N(c4ccc(C)c(C)c4)C3=O)cc2)c1. The number of esters is 1. The largest absolute Gasteiger partial charge is 0.465 e. The average molecular weight is 504 g/mol. The zero-order valence-electron chi connectivity index (χ0n) is 19.7. The van der Waals surface area contributed by atoms with Crippen molar-refractivity contribution in [3.8, 4) is 0 Å². The van der Waals surface area contributed by atoms with E-state index in [0.29, 0.717) is 28.2 Å². The minimum atomic E-state index is -0.613. The van der Waals surface area contributed by atoms with Crippen molar-refractivity contribution in [2.75, 3.05) is 22.6 Å². The third-order valence-corrected chi connectivity index (χ3v) is 6.08. The average Bonchev–Trinajstić information content (AvgIpc) is 3.08. The van der Waals surface area contributed by atoms with Gasteiger partial charge in [-0.1, -0.05) is 23.7 Å². The van der Waals surface area contributed by atoms with Gasteiger partial charge in [-0.05, 0) is 79.6 Å². The molecule has 3 aromatic rings. The van der Waals surface area contributed by atoms with Crippen LogP contribution in [0.4, 0.5) is 17.1 Å². The van der Waals surface area contributed by atoms with Crippen LogP contribution in [-0.4, -0.2) is 30.8 Å². The Balaban J connectivity index is 1.47. The Morgan fingerprint density at radius 1 is 0.833 bits per heavy atom. The molecule has 36 heavy (non-hydrogen) atoms. The number of anilines is 3. The second kappa shape index (κ2) is 10.1. The molecule has 3 aromatic carbocycles. The molecule has 0 bridgehead atoms. The van der Waals surface area contributed by atoms with E-state index in [2.05, 4.69) is 10.6 Å². The molecule has 0 radical (unpaired) electrons. The minimum Gasteiger partial charge on any atom is -0.465 e. The predicted octanol–water partition coefficient (Wildman–Crippen LogP) is 4.78. The number of hydrogen-bond acceptors (Lipinski definition) is 6. The maximum atomic E-state index is 13.0. The fraction of sp³-hybridized carbons (Fsp3) is 0.111. The number of benzene rings is 3. The summed E-state index contributed by atoms with van der Waals surface area (Å²) in [6.07, 6.45) is 0. The maximum Gasteiger partial charge on any atom is 0.337 e. The Morgan fingerprint density at radius 3 is 2.22 bits per heavy atom. The van der Waals surface area contributed by atoms with Crippen molar-refractivity contribution >= 4 is 52.4 Å². The standard InChI is InChI=1S/C27H22ClN3O5/c1-15-7-12-21(13-16(15)2)31-25(33)22(28)23(26(31)34)29-19-10-8-17(9-11-19)24(32)30-20-6-4-5-18(14-20)27(35)36-3/h4-14,29H,1-3H3,(H,30,32). The summed E-state index contributed by atoms with van der Waals surface area (Å²) < 4.78 is 4.69. The summed E-state index contributed by atoms with van der Waals surface area (Å²) in [4.78, 5) is 51.1.